The molecule has 2 N–H and O–H groups in total. The molecule has 1 aliphatic heterocycles. The second-order valence-electron chi connectivity index (χ2n) is 4.18. The number of hydrogen-bond donors (Lipinski definition) is 1. The van der Waals surface area contributed by atoms with E-state index in [1.807, 2.05) is 11.8 Å². The van der Waals surface area contributed by atoms with E-state index in [0.717, 1.165) is 36.1 Å². The third-order valence-corrected chi connectivity index (χ3v) is 4.42. The van der Waals surface area contributed by atoms with Crippen molar-refractivity contribution in [2.45, 2.75) is 24.2 Å². The van der Waals surface area contributed by atoms with E-state index in [4.69, 9.17) is 10.3 Å². The molecule has 1 saturated carbocycles. The van der Waals surface area contributed by atoms with Gasteiger partial charge < -0.3 is 10.3 Å². The third-order valence-electron chi connectivity index (χ3n) is 3.14. The molecular weight excluding hydrogens is 198 g/mol. The summed E-state index contributed by atoms with van der Waals surface area (Å²) in [6.07, 6.45) is 2.20. The highest BCUT2D eigenvalue weighted by molar-refractivity contribution is 8.00. The van der Waals surface area contributed by atoms with Crippen molar-refractivity contribution in [3.05, 3.63) is 11.7 Å². The van der Waals surface area contributed by atoms with Crippen LogP contribution < -0.4 is 5.73 Å². The van der Waals surface area contributed by atoms with E-state index < -0.39 is 0 Å². The molecular formula is C9H13N3OS. The minimum atomic E-state index is 0.0438. The van der Waals surface area contributed by atoms with Crippen molar-refractivity contribution < 1.29 is 4.52 Å². The van der Waals surface area contributed by atoms with Gasteiger partial charge in [-0.1, -0.05) is 5.16 Å². The second-order valence-corrected chi connectivity index (χ2v) is 5.25. The van der Waals surface area contributed by atoms with Crippen molar-refractivity contribution in [2.24, 2.45) is 5.73 Å². The highest BCUT2D eigenvalue weighted by Crippen LogP contribution is 2.46. The Morgan fingerprint density at radius 1 is 1.50 bits per heavy atom. The molecule has 76 valence electrons. The summed E-state index contributed by atoms with van der Waals surface area (Å²) < 4.78 is 5.29. The Balaban J connectivity index is 1.83. The summed E-state index contributed by atoms with van der Waals surface area (Å²) in [7, 11) is 0. The molecule has 0 bridgehead atoms. The lowest BCUT2D eigenvalue weighted by Gasteiger charge is -2.20. The van der Waals surface area contributed by atoms with Crippen LogP contribution in [-0.2, 0) is 5.41 Å². The maximum atomic E-state index is 5.70. The lowest BCUT2D eigenvalue weighted by molar-refractivity contribution is 0.342. The Bertz CT molecular complexity index is 344. The summed E-state index contributed by atoms with van der Waals surface area (Å²) in [5.41, 5.74) is 5.74. The first-order valence-corrected chi connectivity index (χ1v) is 6.11. The third kappa shape index (κ3) is 1.19. The molecule has 1 saturated heterocycles. The van der Waals surface area contributed by atoms with Gasteiger partial charge in [0.2, 0.25) is 5.89 Å². The molecule has 0 amide bonds. The van der Waals surface area contributed by atoms with Crippen LogP contribution in [0, 0.1) is 0 Å². The Kier molecular flexibility index (Phi) is 1.85. The first kappa shape index (κ1) is 8.73. The SMILES string of the molecule is NCC1(c2nc(C3CSC3)no2)CC1. The number of hydrogen-bond acceptors (Lipinski definition) is 5. The Hall–Kier alpha value is -0.550. The molecule has 14 heavy (non-hydrogen) atoms. The van der Waals surface area contributed by atoms with Crippen LogP contribution in [0.25, 0.3) is 0 Å². The fourth-order valence-electron chi connectivity index (χ4n) is 1.66. The quantitative estimate of drug-likeness (QED) is 0.804. The number of aromatic nitrogens is 2. The number of rotatable bonds is 3. The zero-order valence-corrected chi connectivity index (χ0v) is 8.72. The predicted octanol–water partition coefficient (Wildman–Crippen LogP) is 0.890. The molecule has 1 aromatic heterocycles. The van der Waals surface area contributed by atoms with Gasteiger partial charge in [-0.2, -0.15) is 16.7 Å². The van der Waals surface area contributed by atoms with Crippen LogP contribution in [0.3, 0.4) is 0 Å². The number of nitrogens with zero attached hydrogens (tertiary/aromatic N) is 2. The van der Waals surface area contributed by atoms with Gasteiger partial charge in [0.25, 0.3) is 0 Å². The van der Waals surface area contributed by atoms with Crippen LogP contribution in [0.5, 0.6) is 0 Å². The van der Waals surface area contributed by atoms with Crippen LogP contribution in [0.15, 0.2) is 4.52 Å². The van der Waals surface area contributed by atoms with E-state index in [9.17, 15) is 0 Å². The minimum Gasteiger partial charge on any atom is -0.339 e. The van der Waals surface area contributed by atoms with Crippen LogP contribution in [0.4, 0.5) is 0 Å². The summed E-state index contributed by atoms with van der Waals surface area (Å²) in [5, 5.41) is 4.04. The molecule has 2 heterocycles. The number of nitrogens with two attached hydrogens (primary N) is 1. The minimum absolute atomic E-state index is 0.0438. The smallest absolute Gasteiger partial charge is 0.234 e. The average molecular weight is 211 g/mol. The molecule has 2 fully saturated rings. The maximum absolute atomic E-state index is 5.70. The van der Waals surface area contributed by atoms with Crippen molar-refractivity contribution in [3.63, 3.8) is 0 Å². The highest BCUT2D eigenvalue weighted by atomic mass is 32.2. The molecule has 0 unspecified atom stereocenters. The Morgan fingerprint density at radius 3 is 2.79 bits per heavy atom. The molecule has 4 nitrogen and oxygen atoms in total. The fourth-order valence-corrected chi connectivity index (χ4v) is 2.43. The molecule has 1 aliphatic carbocycles. The van der Waals surface area contributed by atoms with Gasteiger partial charge in [-0.25, -0.2) is 0 Å². The molecule has 0 atom stereocenters. The maximum Gasteiger partial charge on any atom is 0.234 e. The first-order valence-electron chi connectivity index (χ1n) is 4.96. The van der Waals surface area contributed by atoms with E-state index in [-0.39, 0.29) is 5.41 Å². The molecule has 5 heteroatoms. The van der Waals surface area contributed by atoms with Gasteiger partial charge in [-0.05, 0) is 12.8 Å². The molecule has 3 rings (SSSR count). The zero-order valence-electron chi connectivity index (χ0n) is 7.90. The fraction of sp³-hybridized carbons (Fsp3) is 0.778. The van der Waals surface area contributed by atoms with Gasteiger partial charge >= 0.3 is 0 Å². The largest absolute Gasteiger partial charge is 0.339 e. The van der Waals surface area contributed by atoms with E-state index in [1.165, 1.54) is 0 Å². The molecule has 0 spiro atoms. The van der Waals surface area contributed by atoms with Crippen LogP contribution in [0.2, 0.25) is 0 Å². The van der Waals surface area contributed by atoms with Crippen molar-refractivity contribution in [1.29, 1.82) is 0 Å². The summed E-state index contributed by atoms with van der Waals surface area (Å²) in [4.78, 5) is 4.47. The molecule has 0 radical (unpaired) electrons. The molecule has 1 aromatic rings. The van der Waals surface area contributed by atoms with Crippen molar-refractivity contribution in [1.82, 2.24) is 10.1 Å². The van der Waals surface area contributed by atoms with Gasteiger partial charge in [0.15, 0.2) is 5.82 Å². The standard InChI is InChI=1S/C9H13N3OS/c10-5-9(1-2-9)8-11-7(12-13-8)6-3-14-4-6/h6H,1-5,10H2. The summed E-state index contributed by atoms with van der Waals surface area (Å²) >= 11 is 1.93. The van der Waals surface area contributed by atoms with Gasteiger partial charge in [-0.15, -0.1) is 0 Å². The van der Waals surface area contributed by atoms with Gasteiger partial charge in [0, 0.05) is 24.0 Å². The summed E-state index contributed by atoms with van der Waals surface area (Å²) in [5.74, 6) is 4.44. The average Bonchev–Trinajstić information content (AvgIpc) is 2.78. The first-order chi connectivity index (χ1) is 6.84. The van der Waals surface area contributed by atoms with Crippen molar-refractivity contribution in [2.75, 3.05) is 18.1 Å². The van der Waals surface area contributed by atoms with E-state index in [1.54, 1.807) is 0 Å². The highest BCUT2D eigenvalue weighted by Gasteiger charge is 2.48. The van der Waals surface area contributed by atoms with Crippen molar-refractivity contribution in [3.8, 4) is 0 Å². The van der Waals surface area contributed by atoms with E-state index in [0.29, 0.717) is 12.5 Å². The monoisotopic (exact) mass is 211 g/mol. The zero-order chi connectivity index (χ0) is 9.60. The van der Waals surface area contributed by atoms with Gasteiger partial charge in [-0.3, -0.25) is 0 Å². The lowest BCUT2D eigenvalue weighted by atomic mass is 10.1. The van der Waals surface area contributed by atoms with Gasteiger partial charge in [0.1, 0.15) is 0 Å². The normalized spacial score (nSPS) is 24.6. The van der Waals surface area contributed by atoms with Crippen LogP contribution in [-0.4, -0.2) is 28.2 Å². The van der Waals surface area contributed by atoms with Crippen molar-refractivity contribution >= 4 is 11.8 Å². The summed E-state index contributed by atoms with van der Waals surface area (Å²) in [6.45, 7) is 0.633. The Labute approximate surface area is 86.6 Å². The predicted molar refractivity (Wildman–Crippen MR) is 54.3 cm³/mol. The van der Waals surface area contributed by atoms with Gasteiger partial charge in [0.05, 0.1) is 5.41 Å². The molecule has 0 aromatic carbocycles. The second kappa shape index (κ2) is 2.97. The summed E-state index contributed by atoms with van der Waals surface area (Å²) in [6, 6.07) is 0. The lowest BCUT2D eigenvalue weighted by Crippen LogP contribution is -2.21. The van der Waals surface area contributed by atoms with Crippen LogP contribution >= 0.6 is 11.8 Å². The van der Waals surface area contributed by atoms with Crippen LogP contribution in [0.1, 0.15) is 30.5 Å². The van der Waals surface area contributed by atoms with E-state index >= 15 is 0 Å². The Morgan fingerprint density at radius 2 is 2.29 bits per heavy atom. The number of thioether (sulfide) groups is 1. The van der Waals surface area contributed by atoms with E-state index in [2.05, 4.69) is 10.1 Å². The molecule has 2 aliphatic rings. The topological polar surface area (TPSA) is 64.9 Å².